The molecule has 0 bridgehead atoms. The first-order valence-corrected chi connectivity index (χ1v) is 13.7. The van der Waals surface area contributed by atoms with Crippen molar-refractivity contribution in [3.05, 3.63) is 58.9 Å². The average molecular weight is 556 g/mol. The van der Waals surface area contributed by atoms with Crippen LogP contribution < -0.4 is 5.32 Å². The van der Waals surface area contributed by atoms with Crippen molar-refractivity contribution >= 4 is 56.9 Å². The van der Waals surface area contributed by atoms with Gasteiger partial charge in [0.15, 0.2) is 6.61 Å². The Hall–Kier alpha value is -2.67. The Morgan fingerprint density at radius 1 is 1.25 bits per heavy atom. The van der Waals surface area contributed by atoms with Gasteiger partial charge in [0.25, 0.3) is 5.91 Å². The molecule has 2 amide bonds. The number of rotatable bonds is 7. The molecule has 2 aromatic rings. The van der Waals surface area contributed by atoms with Crippen molar-refractivity contribution in [1.82, 2.24) is 9.21 Å². The Balaban J connectivity index is 1.42. The summed E-state index contributed by atoms with van der Waals surface area (Å²) in [5.41, 5.74) is 0.876. The number of carbonyl (C=O) groups is 3. The maximum Gasteiger partial charge on any atom is 0.330 e. The molecule has 2 aliphatic rings. The van der Waals surface area contributed by atoms with Crippen molar-refractivity contribution in [2.24, 2.45) is 0 Å². The van der Waals surface area contributed by atoms with Gasteiger partial charge in [0.1, 0.15) is 21.6 Å². The first-order valence-electron chi connectivity index (χ1n) is 10.9. The lowest BCUT2D eigenvalue weighted by molar-refractivity contribution is -0.155. The highest BCUT2D eigenvalue weighted by Crippen LogP contribution is 2.54. The molecule has 0 spiro atoms. The second-order valence-corrected chi connectivity index (χ2v) is 12.3. The number of hydrogen-bond acceptors (Lipinski definition) is 7. The minimum Gasteiger partial charge on any atom is -0.454 e. The SMILES string of the molecule is CN(C)S(=O)(=O)c1cc(NC(=O)COC(=O)[C@H]2CS[C@]3(c4ccc(F)cc4)CCC(=O)N23)ccc1Cl. The number of fused-ring (bicyclic) bond motifs is 1. The monoisotopic (exact) mass is 555 g/mol. The highest BCUT2D eigenvalue weighted by Gasteiger charge is 2.57. The summed E-state index contributed by atoms with van der Waals surface area (Å²) in [6.45, 7) is -0.635. The van der Waals surface area contributed by atoms with E-state index < -0.39 is 45.2 Å². The van der Waals surface area contributed by atoms with Gasteiger partial charge in [-0.2, -0.15) is 0 Å². The maximum absolute atomic E-state index is 13.4. The summed E-state index contributed by atoms with van der Waals surface area (Å²) in [5.74, 6) is -1.77. The summed E-state index contributed by atoms with van der Waals surface area (Å²) >= 11 is 7.43. The van der Waals surface area contributed by atoms with Crippen molar-refractivity contribution in [3.63, 3.8) is 0 Å². The molecule has 2 aromatic carbocycles. The van der Waals surface area contributed by atoms with Crippen molar-refractivity contribution in [3.8, 4) is 0 Å². The highest BCUT2D eigenvalue weighted by atomic mass is 35.5. The van der Waals surface area contributed by atoms with Gasteiger partial charge in [-0.1, -0.05) is 23.7 Å². The minimum atomic E-state index is -3.84. The van der Waals surface area contributed by atoms with Crippen LogP contribution in [0.3, 0.4) is 0 Å². The number of nitrogens with zero attached hydrogens (tertiary/aromatic N) is 2. The molecule has 0 radical (unpaired) electrons. The van der Waals surface area contributed by atoms with Gasteiger partial charge in [0.2, 0.25) is 15.9 Å². The zero-order valence-electron chi connectivity index (χ0n) is 19.4. The molecule has 13 heteroatoms. The number of hydrogen-bond donors (Lipinski definition) is 1. The normalized spacial score (nSPS) is 21.5. The van der Waals surface area contributed by atoms with Gasteiger partial charge in [-0.3, -0.25) is 9.59 Å². The van der Waals surface area contributed by atoms with Gasteiger partial charge in [-0.05, 0) is 42.3 Å². The van der Waals surface area contributed by atoms with Crippen molar-refractivity contribution < 1.29 is 31.9 Å². The van der Waals surface area contributed by atoms with Crippen LogP contribution >= 0.6 is 23.4 Å². The van der Waals surface area contributed by atoms with Crippen LogP contribution in [-0.2, 0) is 34.0 Å². The third-order valence-corrected chi connectivity index (χ3v) is 9.91. The Morgan fingerprint density at radius 2 is 1.94 bits per heavy atom. The number of esters is 1. The third kappa shape index (κ3) is 4.82. The predicted octanol–water partition coefficient (Wildman–Crippen LogP) is 2.80. The largest absolute Gasteiger partial charge is 0.454 e. The van der Waals surface area contributed by atoms with Crippen LogP contribution in [0.5, 0.6) is 0 Å². The number of anilines is 1. The molecule has 1 N–H and O–H groups in total. The zero-order chi connectivity index (χ0) is 26.3. The van der Waals surface area contributed by atoms with E-state index in [1.807, 2.05) is 0 Å². The molecule has 2 fully saturated rings. The maximum atomic E-state index is 13.4. The molecule has 192 valence electrons. The quantitative estimate of drug-likeness (QED) is 0.523. The van der Waals surface area contributed by atoms with Crippen molar-refractivity contribution in [1.29, 1.82) is 0 Å². The number of nitrogens with one attached hydrogen (secondary N) is 1. The van der Waals surface area contributed by atoms with E-state index in [0.717, 1.165) is 9.87 Å². The summed E-state index contributed by atoms with van der Waals surface area (Å²) in [6.07, 6.45) is 0.713. The van der Waals surface area contributed by atoms with Gasteiger partial charge in [-0.15, -0.1) is 11.8 Å². The lowest BCUT2D eigenvalue weighted by atomic mass is 10.0. The van der Waals surface area contributed by atoms with E-state index in [4.69, 9.17) is 16.3 Å². The second-order valence-electron chi connectivity index (χ2n) is 8.47. The minimum absolute atomic E-state index is 0.00761. The fourth-order valence-electron chi connectivity index (χ4n) is 4.23. The molecule has 36 heavy (non-hydrogen) atoms. The molecule has 2 saturated heterocycles. The van der Waals surface area contributed by atoms with Gasteiger partial charge >= 0.3 is 5.97 Å². The lowest BCUT2D eigenvalue weighted by Crippen LogP contribution is -2.47. The number of amides is 2. The van der Waals surface area contributed by atoms with E-state index in [1.54, 1.807) is 12.1 Å². The molecule has 2 aliphatic heterocycles. The smallest absolute Gasteiger partial charge is 0.330 e. The van der Waals surface area contributed by atoms with E-state index in [0.29, 0.717) is 6.42 Å². The van der Waals surface area contributed by atoms with Crippen molar-refractivity contribution in [2.75, 3.05) is 31.8 Å². The zero-order valence-corrected chi connectivity index (χ0v) is 21.8. The number of carbonyl (C=O) groups excluding carboxylic acids is 3. The third-order valence-electron chi connectivity index (χ3n) is 6.01. The number of sulfonamides is 1. The molecule has 2 atom stereocenters. The number of halogens is 2. The standard InChI is InChI=1S/C23H23ClFN3O6S2/c1-27(2)36(32,33)19-11-16(7-8-17(19)24)26-20(29)12-34-22(31)18-13-35-23(10-9-21(30)28(18)23)14-3-5-15(25)6-4-14/h3-8,11,18H,9-10,12-13H2,1-2H3,(H,26,29)/t18-,23+/m1/s1. The van der Waals surface area contributed by atoms with E-state index in [9.17, 15) is 27.2 Å². The van der Waals surface area contributed by atoms with Crippen LogP contribution in [0, 0.1) is 5.82 Å². The van der Waals surface area contributed by atoms with Crippen LogP contribution in [0.4, 0.5) is 10.1 Å². The first-order chi connectivity index (χ1) is 17.0. The highest BCUT2D eigenvalue weighted by molar-refractivity contribution is 8.00. The lowest BCUT2D eigenvalue weighted by Gasteiger charge is -2.33. The molecule has 2 heterocycles. The van der Waals surface area contributed by atoms with Crippen molar-refractivity contribution in [2.45, 2.75) is 28.6 Å². The average Bonchev–Trinajstić information content (AvgIpc) is 3.38. The van der Waals surface area contributed by atoms with Gasteiger partial charge in [0, 0.05) is 32.0 Å². The summed E-state index contributed by atoms with van der Waals surface area (Å²) in [7, 11) is -1.13. The van der Waals surface area contributed by atoms with Gasteiger partial charge < -0.3 is 15.0 Å². The Bertz CT molecular complexity index is 1320. The molecule has 9 nitrogen and oxygen atoms in total. The molecule has 0 unspecified atom stereocenters. The second kappa shape index (κ2) is 10.0. The Morgan fingerprint density at radius 3 is 2.61 bits per heavy atom. The van der Waals surface area contributed by atoms with Crippen LogP contribution in [-0.4, -0.2) is 67.9 Å². The predicted molar refractivity (Wildman–Crippen MR) is 132 cm³/mol. The topological polar surface area (TPSA) is 113 Å². The van der Waals surface area contributed by atoms with Crippen LogP contribution in [0.15, 0.2) is 47.4 Å². The number of benzene rings is 2. The van der Waals surface area contributed by atoms with E-state index >= 15 is 0 Å². The van der Waals surface area contributed by atoms with Gasteiger partial charge in [-0.25, -0.2) is 21.9 Å². The molecule has 4 rings (SSSR count). The van der Waals surface area contributed by atoms with E-state index in [2.05, 4.69) is 5.32 Å². The van der Waals surface area contributed by atoms with E-state index in [1.165, 1.54) is 61.1 Å². The number of thioether (sulfide) groups is 1. The molecular weight excluding hydrogens is 533 g/mol. The molecular formula is C23H23ClFN3O6S2. The first kappa shape index (κ1) is 26.4. The summed E-state index contributed by atoms with van der Waals surface area (Å²) in [4.78, 5) is 38.4. The fraction of sp³-hybridized carbons (Fsp3) is 0.348. The van der Waals surface area contributed by atoms with Crippen LogP contribution in [0.2, 0.25) is 5.02 Å². The summed E-state index contributed by atoms with van der Waals surface area (Å²) < 4.78 is 44.5. The fourth-order valence-corrected chi connectivity index (χ4v) is 7.26. The Labute approximate surface area is 217 Å². The molecule has 0 aromatic heterocycles. The summed E-state index contributed by atoms with van der Waals surface area (Å²) in [6, 6.07) is 8.91. The van der Waals surface area contributed by atoms with E-state index in [-0.39, 0.29) is 33.7 Å². The summed E-state index contributed by atoms with van der Waals surface area (Å²) in [5, 5.41) is 2.47. The molecule has 0 aliphatic carbocycles. The van der Waals surface area contributed by atoms with Crippen LogP contribution in [0.25, 0.3) is 0 Å². The number of ether oxygens (including phenoxy) is 1. The Kier molecular flexibility index (Phi) is 7.33. The van der Waals surface area contributed by atoms with Gasteiger partial charge in [0.05, 0.1) is 5.02 Å². The molecule has 0 saturated carbocycles. The van der Waals surface area contributed by atoms with Crippen LogP contribution in [0.1, 0.15) is 18.4 Å².